The van der Waals surface area contributed by atoms with E-state index < -0.39 is 17.9 Å². The summed E-state index contributed by atoms with van der Waals surface area (Å²) in [5.74, 6) is -1.19. The van der Waals surface area contributed by atoms with Gasteiger partial charge in [0.2, 0.25) is 0 Å². The van der Waals surface area contributed by atoms with E-state index in [-0.39, 0.29) is 11.3 Å². The van der Waals surface area contributed by atoms with Gasteiger partial charge in [-0.1, -0.05) is 12.1 Å². The van der Waals surface area contributed by atoms with Gasteiger partial charge in [0, 0.05) is 11.1 Å². The molecule has 0 aliphatic heterocycles. The van der Waals surface area contributed by atoms with Crippen LogP contribution in [0.3, 0.4) is 0 Å². The van der Waals surface area contributed by atoms with Gasteiger partial charge in [-0.05, 0) is 42.8 Å². The molecule has 0 atom stereocenters. The van der Waals surface area contributed by atoms with Crippen LogP contribution >= 0.6 is 0 Å². The number of rotatable bonds is 3. The van der Waals surface area contributed by atoms with Gasteiger partial charge in [-0.2, -0.15) is 0 Å². The molecule has 0 heterocycles. The van der Waals surface area contributed by atoms with Crippen LogP contribution in [-0.4, -0.2) is 12.1 Å². The third kappa shape index (κ3) is 3.81. The number of hydrogen-bond donors (Lipinski definition) is 0. The number of carbonyl (C=O) groups is 1. The molecule has 0 unspecified atom stereocenters. The Morgan fingerprint density at radius 3 is 2.19 bits per heavy atom. The second kappa shape index (κ2) is 5.55. The van der Waals surface area contributed by atoms with Gasteiger partial charge in [0.05, 0.1) is 0 Å². The van der Waals surface area contributed by atoms with Gasteiger partial charge in [-0.3, -0.25) is 4.79 Å². The summed E-state index contributed by atoms with van der Waals surface area (Å²) in [6.45, 7) is 1.34. The number of halogens is 4. The van der Waals surface area contributed by atoms with Gasteiger partial charge in [0.25, 0.3) is 0 Å². The molecule has 2 nitrogen and oxygen atoms in total. The van der Waals surface area contributed by atoms with Gasteiger partial charge >= 0.3 is 6.36 Å². The summed E-state index contributed by atoms with van der Waals surface area (Å²) in [6, 6.07) is 8.62. The van der Waals surface area contributed by atoms with E-state index in [1.54, 1.807) is 0 Å². The smallest absolute Gasteiger partial charge is 0.406 e. The predicted molar refractivity (Wildman–Crippen MR) is 68.5 cm³/mol. The monoisotopic (exact) mass is 298 g/mol. The topological polar surface area (TPSA) is 26.3 Å². The first kappa shape index (κ1) is 15.0. The highest BCUT2D eigenvalue weighted by atomic mass is 19.4. The van der Waals surface area contributed by atoms with Crippen LogP contribution < -0.4 is 4.74 Å². The quantitative estimate of drug-likeness (QED) is 0.612. The van der Waals surface area contributed by atoms with Gasteiger partial charge in [-0.25, -0.2) is 4.39 Å². The van der Waals surface area contributed by atoms with Crippen LogP contribution in [0.15, 0.2) is 42.5 Å². The zero-order chi connectivity index (χ0) is 15.6. The fourth-order valence-electron chi connectivity index (χ4n) is 1.80. The van der Waals surface area contributed by atoms with Gasteiger partial charge < -0.3 is 4.74 Å². The zero-order valence-electron chi connectivity index (χ0n) is 10.9. The summed E-state index contributed by atoms with van der Waals surface area (Å²) in [5, 5.41) is 0. The first-order chi connectivity index (χ1) is 9.76. The first-order valence-corrected chi connectivity index (χ1v) is 5.93. The van der Waals surface area contributed by atoms with Crippen LogP contribution in [0.5, 0.6) is 5.75 Å². The second-order valence-electron chi connectivity index (χ2n) is 4.32. The van der Waals surface area contributed by atoms with Crippen LogP contribution in [0.25, 0.3) is 11.1 Å². The average Bonchev–Trinajstić information content (AvgIpc) is 2.38. The van der Waals surface area contributed by atoms with Crippen molar-refractivity contribution in [1.82, 2.24) is 0 Å². The summed E-state index contributed by atoms with van der Waals surface area (Å²) in [5.41, 5.74) is 0.813. The minimum Gasteiger partial charge on any atom is -0.406 e. The summed E-state index contributed by atoms with van der Waals surface area (Å²) >= 11 is 0. The Kier molecular flexibility index (Phi) is 3.97. The standard InChI is InChI=1S/C15H10F4O2/c1-9(20)11-4-7-14(16)13(8-11)10-2-5-12(6-3-10)21-15(17,18)19/h2-8H,1H3. The molecular formula is C15H10F4O2. The third-order valence-electron chi connectivity index (χ3n) is 2.77. The Morgan fingerprint density at radius 1 is 1.05 bits per heavy atom. The first-order valence-electron chi connectivity index (χ1n) is 5.93. The van der Waals surface area contributed by atoms with E-state index in [9.17, 15) is 22.4 Å². The zero-order valence-corrected chi connectivity index (χ0v) is 10.9. The molecular weight excluding hydrogens is 288 g/mol. The molecule has 0 N–H and O–H groups in total. The van der Waals surface area contributed by atoms with Crippen LogP contribution in [0.4, 0.5) is 17.6 Å². The fraction of sp³-hybridized carbons (Fsp3) is 0.133. The number of alkyl halides is 3. The largest absolute Gasteiger partial charge is 0.573 e. The van der Waals surface area contributed by atoms with E-state index >= 15 is 0 Å². The van der Waals surface area contributed by atoms with Gasteiger partial charge in [-0.15, -0.1) is 13.2 Å². The van der Waals surface area contributed by atoms with E-state index in [4.69, 9.17) is 0 Å². The maximum atomic E-state index is 13.8. The minimum absolute atomic E-state index is 0.140. The number of benzene rings is 2. The number of hydrogen-bond acceptors (Lipinski definition) is 2. The molecule has 2 rings (SSSR count). The Bertz CT molecular complexity index is 660. The number of carbonyl (C=O) groups excluding carboxylic acids is 1. The summed E-state index contributed by atoms with van der Waals surface area (Å²) in [6.07, 6.45) is -4.78. The lowest BCUT2D eigenvalue weighted by Crippen LogP contribution is -2.16. The molecule has 0 saturated heterocycles. The van der Waals surface area contributed by atoms with Crippen molar-refractivity contribution in [2.45, 2.75) is 13.3 Å². The molecule has 0 fully saturated rings. The molecule has 0 radical (unpaired) electrons. The molecule has 2 aromatic carbocycles. The average molecular weight is 298 g/mol. The van der Waals surface area contributed by atoms with Crippen LogP contribution in [0, 0.1) is 5.82 Å². The third-order valence-corrected chi connectivity index (χ3v) is 2.77. The summed E-state index contributed by atoms with van der Waals surface area (Å²) < 4.78 is 53.7. The van der Waals surface area contributed by atoms with E-state index in [0.717, 1.165) is 18.2 Å². The van der Waals surface area contributed by atoms with Crippen molar-refractivity contribution in [3.05, 3.63) is 53.8 Å². The molecule has 0 aliphatic rings. The maximum Gasteiger partial charge on any atom is 0.573 e. The summed E-state index contributed by atoms with van der Waals surface area (Å²) in [7, 11) is 0. The Labute approximate surface area is 118 Å². The highest BCUT2D eigenvalue weighted by Gasteiger charge is 2.31. The van der Waals surface area contributed by atoms with E-state index in [0.29, 0.717) is 11.1 Å². The Morgan fingerprint density at radius 2 is 1.67 bits per heavy atom. The molecule has 2 aromatic rings. The Balaban J connectivity index is 2.34. The molecule has 0 aromatic heterocycles. The molecule has 0 saturated carbocycles. The number of Topliss-reactive ketones (excluding diaryl/α,β-unsaturated/α-hetero) is 1. The second-order valence-corrected chi connectivity index (χ2v) is 4.32. The van der Waals surface area contributed by atoms with Crippen molar-refractivity contribution in [3.63, 3.8) is 0 Å². The van der Waals surface area contributed by atoms with E-state index in [1.165, 1.54) is 31.2 Å². The van der Waals surface area contributed by atoms with Crippen molar-refractivity contribution in [2.75, 3.05) is 0 Å². The molecule has 0 aliphatic carbocycles. The highest BCUT2D eigenvalue weighted by Crippen LogP contribution is 2.28. The van der Waals surface area contributed by atoms with Crippen molar-refractivity contribution in [2.24, 2.45) is 0 Å². The van der Waals surface area contributed by atoms with Crippen LogP contribution in [0.1, 0.15) is 17.3 Å². The van der Waals surface area contributed by atoms with Crippen molar-refractivity contribution < 1.29 is 27.1 Å². The van der Waals surface area contributed by atoms with Crippen molar-refractivity contribution in [3.8, 4) is 16.9 Å². The van der Waals surface area contributed by atoms with Crippen molar-refractivity contribution >= 4 is 5.78 Å². The van der Waals surface area contributed by atoms with Gasteiger partial charge in [0.15, 0.2) is 5.78 Å². The fourth-order valence-corrected chi connectivity index (χ4v) is 1.80. The number of ether oxygens (including phenoxy) is 1. The molecule has 110 valence electrons. The van der Waals surface area contributed by atoms with Gasteiger partial charge in [0.1, 0.15) is 11.6 Å². The number of ketones is 1. The highest BCUT2D eigenvalue weighted by molar-refractivity contribution is 5.95. The van der Waals surface area contributed by atoms with Crippen LogP contribution in [-0.2, 0) is 0 Å². The Hall–Kier alpha value is -2.37. The molecule has 6 heteroatoms. The van der Waals surface area contributed by atoms with E-state index in [1.807, 2.05) is 0 Å². The normalized spacial score (nSPS) is 11.3. The minimum atomic E-state index is -4.78. The SMILES string of the molecule is CC(=O)c1ccc(F)c(-c2ccc(OC(F)(F)F)cc2)c1. The molecule has 0 bridgehead atoms. The van der Waals surface area contributed by atoms with E-state index in [2.05, 4.69) is 4.74 Å². The molecule has 0 spiro atoms. The molecule has 0 amide bonds. The predicted octanol–water partition coefficient (Wildman–Crippen LogP) is 4.59. The van der Waals surface area contributed by atoms with Crippen LogP contribution in [0.2, 0.25) is 0 Å². The lowest BCUT2D eigenvalue weighted by molar-refractivity contribution is -0.274. The lowest BCUT2D eigenvalue weighted by Gasteiger charge is -2.10. The summed E-state index contributed by atoms with van der Waals surface area (Å²) in [4.78, 5) is 11.3. The maximum absolute atomic E-state index is 13.8. The lowest BCUT2D eigenvalue weighted by atomic mass is 10.0. The molecule has 21 heavy (non-hydrogen) atoms. The van der Waals surface area contributed by atoms with Crippen molar-refractivity contribution in [1.29, 1.82) is 0 Å².